The summed E-state index contributed by atoms with van der Waals surface area (Å²) >= 11 is 0. The highest BCUT2D eigenvalue weighted by molar-refractivity contribution is 8.93. The molecule has 0 atom stereocenters. The minimum absolute atomic E-state index is 0. The summed E-state index contributed by atoms with van der Waals surface area (Å²) in [7, 11) is 0. The smallest absolute Gasteiger partial charge is 0.137 e. The van der Waals surface area contributed by atoms with E-state index < -0.39 is 0 Å². The quantitative estimate of drug-likeness (QED) is 0.735. The molecule has 1 aromatic heterocycles. The zero-order chi connectivity index (χ0) is 6.53. The maximum Gasteiger partial charge on any atom is 0.137 e. The Balaban J connectivity index is 0.000000810. The van der Waals surface area contributed by atoms with Gasteiger partial charge in [0.15, 0.2) is 0 Å². The van der Waals surface area contributed by atoms with Crippen molar-refractivity contribution in [3.63, 3.8) is 0 Å². The first-order chi connectivity index (χ1) is 4.43. The zero-order valence-corrected chi connectivity index (χ0v) is 7.49. The minimum atomic E-state index is 0. The van der Waals surface area contributed by atoms with Crippen LogP contribution in [0.5, 0.6) is 5.75 Å². The Morgan fingerprint density at radius 3 is 2.90 bits per heavy atom. The van der Waals surface area contributed by atoms with Gasteiger partial charge in [-0.05, 0) is 19.1 Å². The van der Waals surface area contributed by atoms with Gasteiger partial charge in [-0.1, -0.05) is 0 Å². The van der Waals surface area contributed by atoms with Gasteiger partial charge >= 0.3 is 0 Å². The van der Waals surface area contributed by atoms with Gasteiger partial charge < -0.3 is 4.74 Å². The van der Waals surface area contributed by atoms with E-state index in [1.807, 2.05) is 19.1 Å². The van der Waals surface area contributed by atoms with E-state index >= 15 is 0 Å². The third-order valence-corrected chi connectivity index (χ3v) is 0.945. The first-order valence-corrected chi connectivity index (χ1v) is 2.96. The molecule has 0 aliphatic rings. The van der Waals surface area contributed by atoms with Gasteiger partial charge in [0.05, 0.1) is 12.8 Å². The summed E-state index contributed by atoms with van der Waals surface area (Å²) in [6.45, 7) is 2.65. The molecule has 0 N–H and O–H groups in total. The third kappa shape index (κ3) is 2.82. The van der Waals surface area contributed by atoms with Crippen LogP contribution >= 0.6 is 17.0 Å². The van der Waals surface area contributed by atoms with Crippen LogP contribution in [0.2, 0.25) is 0 Å². The fourth-order valence-electron chi connectivity index (χ4n) is 0.599. The second-order valence-corrected chi connectivity index (χ2v) is 1.62. The summed E-state index contributed by atoms with van der Waals surface area (Å²) in [4.78, 5) is 3.88. The molecule has 0 unspecified atom stereocenters. The summed E-state index contributed by atoms with van der Waals surface area (Å²) in [5, 5.41) is 0. The molecule has 0 fully saturated rings. The summed E-state index contributed by atoms with van der Waals surface area (Å²) < 4.78 is 5.14. The van der Waals surface area contributed by atoms with Crippen LogP contribution in [0.4, 0.5) is 0 Å². The Kier molecular flexibility index (Phi) is 4.94. The molecule has 10 heavy (non-hydrogen) atoms. The zero-order valence-electron chi connectivity index (χ0n) is 5.78. The maximum atomic E-state index is 5.14. The first kappa shape index (κ1) is 9.43. The molecule has 1 aromatic rings. The van der Waals surface area contributed by atoms with Gasteiger partial charge in [0, 0.05) is 6.20 Å². The SMILES string of the molecule is Br.CCOc1cccnc1. The number of halogens is 1. The lowest BCUT2D eigenvalue weighted by Gasteiger charge is -1.98. The van der Waals surface area contributed by atoms with Gasteiger partial charge in [-0.2, -0.15) is 0 Å². The number of nitrogens with zero attached hydrogens (tertiary/aromatic N) is 1. The average Bonchev–Trinajstić information content (AvgIpc) is 1.91. The molecule has 3 heteroatoms. The molecule has 1 heterocycles. The fourth-order valence-corrected chi connectivity index (χ4v) is 0.599. The Labute approximate surface area is 71.0 Å². The van der Waals surface area contributed by atoms with Gasteiger partial charge in [0.2, 0.25) is 0 Å². The van der Waals surface area contributed by atoms with E-state index in [1.54, 1.807) is 12.4 Å². The van der Waals surface area contributed by atoms with E-state index in [-0.39, 0.29) is 17.0 Å². The Bertz CT molecular complexity index is 167. The molecule has 0 saturated carbocycles. The van der Waals surface area contributed by atoms with Crippen molar-refractivity contribution in [2.75, 3.05) is 6.61 Å². The van der Waals surface area contributed by atoms with Crippen LogP contribution < -0.4 is 4.74 Å². The Hall–Kier alpha value is -0.570. The van der Waals surface area contributed by atoms with E-state index in [9.17, 15) is 0 Å². The molecule has 0 aliphatic heterocycles. The van der Waals surface area contributed by atoms with Crippen molar-refractivity contribution in [1.82, 2.24) is 4.98 Å². The highest BCUT2D eigenvalue weighted by atomic mass is 79.9. The number of aromatic nitrogens is 1. The normalized spacial score (nSPS) is 8.10. The lowest BCUT2D eigenvalue weighted by Crippen LogP contribution is -1.90. The maximum absolute atomic E-state index is 5.14. The lowest BCUT2D eigenvalue weighted by atomic mass is 10.5. The van der Waals surface area contributed by atoms with Crippen LogP contribution in [0.1, 0.15) is 6.92 Å². The number of hydrogen-bond acceptors (Lipinski definition) is 2. The second-order valence-electron chi connectivity index (χ2n) is 1.62. The molecule has 1 rings (SSSR count). The Morgan fingerprint density at radius 1 is 1.60 bits per heavy atom. The largest absolute Gasteiger partial charge is 0.492 e. The summed E-state index contributed by atoms with van der Waals surface area (Å²) in [5.41, 5.74) is 0. The summed E-state index contributed by atoms with van der Waals surface area (Å²) in [6, 6.07) is 3.74. The molecule has 2 nitrogen and oxygen atoms in total. The van der Waals surface area contributed by atoms with E-state index in [2.05, 4.69) is 4.98 Å². The first-order valence-electron chi connectivity index (χ1n) is 2.96. The number of pyridine rings is 1. The molecule has 0 radical (unpaired) electrons. The lowest BCUT2D eigenvalue weighted by molar-refractivity contribution is 0.339. The number of rotatable bonds is 2. The third-order valence-electron chi connectivity index (χ3n) is 0.945. The van der Waals surface area contributed by atoms with Crippen LogP contribution in [0.15, 0.2) is 24.5 Å². The number of hydrogen-bond donors (Lipinski definition) is 0. The second kappa shape index (κ2) is 5.23. The van der Waals surface area contributed by atoms with Crippen LogP contribution in [0.3, 0.4) is 0 Å². The monoisotopic (exact) mass is 203 g/mol. The van der Waals surface area contributed by atoms with Crippen LogP contribution in [-0.2, 0) is 0 Å². The van der Waals surface area contributed by atoms with E-state index in [1.165, 1.54) is 0 Å². The predicted octanol–water partition coefficient (Wildman–Crippen LogP) is 2.06. The van der Waals surface area contributed by atoms with Gasteiger partial charge in [0.1, 0.15) is 5.75 Å². The van der Waals surface area contributed by atoms with Crippen molar-refractivity contribution in [3.8, 4) is 5.75 Å². The Morgan fingerprint density at radius 2 is 2.40 bits per heavy atom. The molecule has 0 spiro atoms. The van der Waals surface area contributed by atoms with Gasteiger partial charge in [-0.25, -0.2) is 0 Å². The van der Waals surface area contributed by atoms with Crippen molar-refractivity contribution in [2.24, 2.45) is 0 Å². The summed E-state index contributed by atoms with van der Waals surface area (Å²) in [6.07, 6.45) is 3.42. The predicted molar refractivity (Wildman–Crippen MR) is 45.7 cm³/mol. The summed E-state index contributed by atoms with van der Waals surface area (Å²) in [5.74, 6) is 0.833. The van der Waals surface area contributed by atoms with Crippen molar-refractivity contribution in [2.45, 2.75) is 6.92 Å². The molecular formula is C7H10BrNO. The van der Waals surface area contributed by atoms with Crippen LogP contribution in [0.25, 0.3) is 0 Å². The topological polar surface area (TPSA) is 22.1 Å². The molecule has 0 aromatic carbocycles. The molecular weight excluding hydrogens is 194 g/mol. The van der Waals surface area contributed by atoms with Crippen LogP contribution in [0, 0.1) is 0 Å². The fraction of sp³-hybridized carbons (Fsp3) is 0.286. The standard InChI is InChI=1S/C7H9NO.BrH/c1-2-9-7-4-3-5-8-6-7;/h3-6H,2H2,1H3;1H. The number of ether oxygens (including phenoxy) is 1. The van der Waals surface area contributed by atoms with Crippen molar-refractivity contribution in [1.29, 1.82) is 0 Å². The molecule has 0 saturated heterocycles. The average molecular weight is 204 g/mol. The van der Waals surface area contributed by atoms with Crippen molar-refractivity contribution in [3.05, 3.63) is 24.5 Å². The van der Waals surface area contributed by atoms with E-state index in [0.717, 1.165) is 5.75 Å². The highest BCUT2D eigenvalue weighted by Gasteiger charge is 1.84. The van der Waals surface area contributed by atoms with Gasteiger partial charge in [-0.15, -0.1) is 17.0 Å². The highest BCUT2D eigenvalue weighted by Crippen LogP contribution is 2.04. The van der Waals surface area contributed by atoms with Gasteiger partial charge in [-0.3, -0.25) is 4.98 Å². The molecule has 56 valence electrons. The van der Waals surface area contributed by atoms with Crippen molar-refractivity contribution >= 4 is 17.0 Å². The minimum Gasteiger partial charge on any atom is -0.492 e. The van der Waals surface area contributed by atoms with E-state index in [0.29, 0.717) is 6.61 Å². The van der Waals surface area contributed by atoms with E-state index in [4.69, 9.17) is 4.74 Å². The molecule has 0 aliphatic carbocycles. The van der Waals surface area contributed by atoms with Gasteiger partial charge in [0.25, 0.3) is 0 Å². The molecule has 0 amide bonds. The van der Waals surface area contributed by atoms with Crippen LogP contribution in [-0.4, -0.2) is 11.6 Å². The molecule has 0 bridgehead atoms. The van der Waals surface area contributed by atoms with Crippen molar-refractivity contribution < 1.29 is 4.74 Å².